The van der Waals surface area contributed by atoms with Crippen molar-refractivity contribution in [1.82, 2.24) is 14.5 Å². The second-order valence-corrected chi connectivity index (χ2v) is 9.43. The fourth-order valence-electron chi connectivity index (χ4n) is 3.54. The molecule has 3 aromatic rings. The molecule has 1 aromatic carbocycles. The minimum absolute atomic E-state index is 0.0817. The number of piperidine rings is 1. The first-order valence-corrected chi connectivity index (χ1v) is 12.3. The third kappa shape index (κ3) is 4.93. The zero-order valence-corrected chi connectivity index (χ0v) is 19.2. The number of nitrogens with one attached hydrogen (secondary N) is 1. The van der Waals surface area contributed by atoms with Crippen LogP contribution in [0.5, 0.6) is 0 Å². The van der Waals surface area contributed by atoms with E-state index < -0.39 is 17.5 Å². The Morgan fingerprint density at radius 2 is 2.00 bits per heavy atom. The van der Waals surface area contributed by atoms with Crippen molar-refractivity contribution in [3.8, 4) is 0 Å². The molecule has 4 rings (SSSR count). The van der Waals surface area contributed by atoms with Crippen molar-refractivity contribution in [3.05, 3.63) is 40.2 Å². The van der Waals surface area contributed by atoms with E-state index in [2.05, 4.69) is 20.2 Å². The van der Waals surface area contributed by atoms with Gasteiger partial charge >= 0.3 is 0 Å². The summed E-state index contributed by atoms with van der Waals surface area (Å²) < 4.78 is 28.9. The largest absolute Gasteiger partial charge is 0.348 e. The van der Waals surface area contributed by atoms with E-state index in [0.717, 1.165) is 55.3 Å². The number of fused-ring (bicyclic) bond motifs is 1. The Labute approximate surface area is 191 Å². The number of aromatic nitrogens is 3. The van der Waals surface area contributed by atoms with Crippen LogP contribution in [-0.4, -0.2) is 39.3 Å². The number of carbonyl (C=O) groups excluding carboxylic acids is 1. The molecule has 1 aliphatic heterocycles. The van der Waals surface area contributed by atoms with Crippen molar-refractivity contribution in [2.45, 2.75) is 44.3 Å². The maximum absolute atomic E-state index is 13.8. The van der Waals surface area contributed by atoms with E-state index >= 15 is 0 Å². The summed E-state index contributed by atoms with van der Waals surface area (Å²) >= 11 is 2.46. The number of nitrogens with zero attached hydrogens (tertiary/aromatic N) is 4. The van der Waals surface area contributed by atoms with E-state index in [9.17, 15) is 18.4 Å². The summed E-state index contributed by atoms with van der Waals surface area (Å²) in [6.45, 7) is 4.27. The van der Waals surface area contributed by atoms with Crippen LogP contribution in [-0.2, 0) is 11.3 Å². The van der Waals surface area contributed by atoms with Gasteiger partial charge in [-0.05, 0) is 37.8 Å². The molecule has 0 unspecified atom stereocenters. The van der Waals surface area contributed by atoms with Gasteiger partial charge in [0.25, 0.3) is 5.56 Å². The molecule has 170 valence electrons. The number of carbonyl (C=O) groups is 1. The van der Waals surface area contributed by atoms with Gasteiger partial charge in [0, 0.05) is 25.7 Å². The van der Waals surface area contributed by atoms with Crippen molar-refractivity contribution in [2.75, 3.05) is 29.1 Å². The zero-order chi connectivity index (χ0) is 22.7. The van der Waals surface area contributed by atoms with Crippen molar-refractivity contribution in [3.63, 3.8) is 0 Å². The lowest BCUT2D eigenvalue weighted by Crippen LogP contribution is -2.29. The third-order valence-corrected chi connectivity index (χ3v) is 7.15. The minimum atomic E-state index is -0.849. The van der Waals surface area contributed by atoms with Gasteiger partial charge in [0.15, 0.2) is 15.9 Å². The summed E-state index contributed by atoms with van der Waals surface area (Å²) in [5.74, 6) is -2.13. The Bertz CT molecular complexity index is 1190. The fraction of sp³-hybridized carbons (Fsp3) is 0.429. The summed E-state index contributed by atoms with van der Waals surface area (Å²) in [5, 5.41) is 3.62. The van der Waals surface area contributed by atoms with Gasteiger partial charge in [0.2, 0.25) is 5.91 Å². The van der Waals surface area contributed by atoms with E-state index in [1.165, 1.54) is 23.8 Å². The number of rotatable bonds is 7. The van der Waals surface area contributed by atoms with E-state index in [1.807, 2.05) is 6.92 Å². The molecule has 32 heavy (non-hydrogen) atoms. The van der Waals surface area contributed by atoms with Gasteiger partial charge < -0.3 is 10.2 Å². The van der Waals surface area contributed by atoms with Crippen molar-refractivity contribution >= 4 is 50.2 Å². The normalized spacial score (nSPS) is 14.2. The van der Waals surface area contributed by atoms with Gasteiger partial charge in [-0.1, -0.05) is 30.0 Å². The highest BCUT2D eigenvalue weighted by molar-refractivity contribution is 7.99. The number of amides is 1. The molecule has 11 heteroatoms. The maximum Gasteiger partial charge on any atom is 0.273 e. The molecular weight excluding hydrogens is 456 g/mol. The number of thiazole rings is 1. The van der Waals surface area contributed by atoms with Crippen LogP contribution in [0.15, 0.2) is 28.2 Å². The lowest BCUT2D eigenvalue weighted by atomic mass is 10.1. The Hall–Kier alpha value is -2.53. The highest BCUT2D eigenvalue weighted by Crippen LogP contribution is 2.29. The van der Waals surface area contributed by atoms with Crippen molar-refractivity contribution in [2.24, 2.45) is 0 Å². The van der Waals surface area contributed by atoms with Crippen LogP contribution in [0.3, 0.4) is 0 Å². The molecule has 0 radical (unpaired) electrons. The Morgan fingerprint density at radius 1 is 1.22 bits per heavy atom. The molecule has 2 aromatic heterocycles. The number of thioether (sulfide) groups is 1. The van der Waals surface area contributed by atoms with Gasteiger partial charge in [0.1, 0.15) is 16.3 Å². The number of anilines is 2. The lowest BCUT2D eigenvalue weighted by molar-refractivity contribution is -0.113. The molecule has 1 aliphatic rings. The van der Waals surface area contributed by atoms with E-state index in [0.29, 0.717) is 28.1 Å². The highest BCUT2D eigenvalue weighted by atomic mass is 32.2. The Balaban J connectivity index is 1.55. The number of hydrogen-bond acceptors (Lipinski definition) is 7. The monoisotopic (exact) mass is 479 g/mol. The SMILES string of the molecule is CCCn1c(SCC(=O)Nc2ccc(F)cc2F)nc2nc(N3CCCCC3)sc2c1=O. The van der Waals surface area contributed by atoms with Crippen LogP contribution in [0.4, 0.5) is 19.6 Å². The predicted octanol–water partition coefficient (Wildman–Crippen LogP) is 4.26. The van der Waals surface area contributed by atoms with Crippen LogP contribution in [0, 0.1) is 11.6 Å². The van der Waals surface area contributed by atoms with Crippen molar-refractivity contribution in [1.29, 1.82) is 0 Å². The Morgan fingerprint density at radius 3 is 2.72 bits per heavy atom. The molecule has 3 heterocycles. The fourth-order valence-corrected chi connectivity index (χ4v) is 5.36. The summed E-state index contributed by atoms with van der Waals surface area (Å²) in [6, 6.07) is 2.95. The molecular formula is C21H23F2N5O2S2. The molecule has 0 spiro atoms. The second kappa shape index (κ2) is 9.95. The van der Waals surface area contributed by atoms with Gasteiger partial charge in [0.05, 0.1) is 11.4 Å². The molecule has 1 fully saturated rings. The quantitative estimate of drug-likeness (QED) is 0.403. The standard InChI is InChI=1S/C21H23F2N5O2S2/c1-2-8-28-19(30)17-18(25-20(32-17)27-9-4-3-5-10-27)26-21(28)31-12-16(29)24-15-7-6-13(22)11-14(15)23/h6-7,11H,2-5,8-10,12H2,1H3,(H,24,29). The van der Waals surface area contributed by atoms with Crippen LogP contribution in [0.1, 0.15) is 32.6 Å². The average molecular weight is 480 g/mol. The molecule has 1 N–H and O–H groups in total. The van der Waals surface area contributed by atoms with Crippen LogP contribution >= 0.6 is 23.1 Å². The smallest absolute Gasteiger partial charge is 0.273 e. The zero-order valence-electron chi connectivity index (χ0n) is 17.6. The summed E-state index contributed by atoms with van der Waals surface area (Å²) in [4.78, 5) is 36.8. The summed E-state index contributed by atoms with van der Waals surface area (Å²) in [6.07, 6.45) is 4.14. The third-order valence-electron chi connectivity index (χ3n) is 5.08. The number of benzene rings is 1. The van der Waals surface area contributed by atoms with Crippen LogP contribution < -0.4 is 15.8 Å². The van der Waals surface area contributed by atoms with E-state index in [4.69, 9.17) is 0 Å². The maximum atomic E-state index is 13.8. The Kier molecular flexibility index (Phi) is 7.04. The van der Waals surface area contributed by atoms with Crippen LogP contribution in [0.25, 0.3) is 10.3 Å². The van der Waals surface area contributed by atoms with Gasteiger partial charge in [-0.25, -0.2) is 13.8 Å². The molecule has 0 aliphatic carbocycles. The summed E-state index contributed by atoms with van der Waals surface area (Å²) in [5.41, 5.74) is 0.127. The topological polar surface area (TPSA) is 80.1 Å². The minimum Gasteiger partial charge on any atom is -0.348 e. The first kappa shape index (κ1) is 22.7. The molecule has 0 atom stereocenters. The number of hydrogen-bond donors (Lipinski definition) is 1. The van der Waals surface area contributed by atoms with Crippen LogP contribution in [0.2, 0.25) is 0 Å². The first-order valence-electron chi connectivity index (χ1n) is 10.5. The highest BCUT2D eigenvalue weighted by Gasteiger charge is 2.20. The van der Waals surface area contributed by atoms with Gasteiger partial charge in [-0.3, -0.25) is 14.2 Å². The molecule has 1 saturated heterocycles. The van der Waals surface area contributed by atoms with Crippen molar-refractivity contribution < 1.29 is 13.6 Å². The number of halogens is 2. The lowest BCUT2D eigenvalue weighted by Gasteiger charge is -2.25. The first-order chi connectivity index (χ1) is 15.5. The average Bonchev–Trinajstić information content (AvgIpc) is 3.22. The predicted molar refractivity (Wildman–Crippen MR) is 124 cm³/mol. The van der Waals surface area contributed by atoms with Gasteiger partial charge in [-0.2, -0.15) is 4.98 Å². The molecule has 0 bridgehead atoms. The second-order valence-electron chi connectivity index (χ2n) is 7.51. The summed E-state index contributed by atoms with van der Waals surface area (Å²) in [7, 11) is 0. The van der Waals surface area contributed by atoms with E-state index in [-0.39, 0.29) is 17.0 Å². The molecule has 7 nitrogen and oxygen atoms in total. The molecule has 0 saturated carbocycles. The van der Waals surface area contributed by atoms with Gasteiger partial charge in [-0.15, -0.1) is 0 Å². The molecule has 1 amide bonds. The van der Waals surface area contributed by atoms with E-state index in [1.54, 1.807) is 4.57 Å².